The number of nitrogens with zero attached hydrogens (tertiary/aromatic N) is 3. The summed E-state index contributed by atoms with van der Waals surface area (Å²) in [6.07, 6.45) is 1.22. The Labute approximate surface area is 96.8 Å². The molecule has 0 aliphatic rings. The Morgan fingerprint density at radius 1 is 1.53 bits per heavy atom. The fraction of sp³-hybridized carbons (Fsp3) is 0.300. The summed E-state index contributed by atoms with van der Waals surface area (Å²) in [5.74, 6) is -0.239. The van der Waals surface area contributed by atoms with Crippen LogP contribution in [0.2, 0.25) is 0 Å². The molecule has 0 aliphatic heterocycles. The molecule has 2 aromatic heterocycles. The number of aromatic nitrogens is 3. The molecule has 0 aromatic carbocycles. The van der Waals surface area contributed by atoms with Crippen molar-refractivity contribution >= 4 is 17.5 Å². The average Bonchev–Trinajstić information content (AvgIpc) is 2.68. The van der Waals surface area contributed by atoms with Crippen molar-refractivity contribution in [1.29, 1.82) is 0 Å². The van der Waals surface area contributed by atoms with Gasteiger partial charge in [-0.15, -0.1) is 5.10 Å². The molecule has 0 fully saturated rings. The molecule has 0 saturated carbocycles. The number of carbonyl (C=O) groups excluding carboxylic acids is 1. The van der Waals surface area contributed by atoms with Crippen molar-refractivity contribution < 1.29 is 9.18 Å². The monoisotopic (exact) mass is 237 g/mol. The normalized spacial score (nSPS) is 10.5. The Morgan fingerprint density at radius 3 is 3.12 bits per heavy atom. The van der Waals surface area contributed by atoms with E-state index in [1.54, 1.807) is 0 Å². The molecular formula is C10H12FN5O. The van der Waals surface area contributed by atoms with Crippen molar-refractivity contribution in [3.63, 3.8) is 0 Å². The van der Waals surface area contributed by atoms with Gasteiger partial charge in [0.15, 0.2) is 5.65 Å². The molecule has 0 spiro atoms. The molecule has 2 aromatic rings. The van der Waals surface area contributed by atoms with Crippen LogP contribution in [-0.4, -0.2) is 33.6 Å². The number of fused-ring (bicyclic) bond motifs is 1. The van der Waals surface area contributed by atoms with Gasteiger partial charge in [0.25, 0.3) is 0 Å². The van der Waals surface area contributed by atoms with Crippen molar-refractivity contribution in [2.45, 2.75) is 6.92 Å². The molecule has 2 N–H and O–H groups in total. The number of hydrogen-bond donors (Lipinski definition) is 2. The van der Waals surface area contributed by atoms with E-state index in [1.807, 2.05) is 6.92 Å². The number of anilines is 1. The second-order valence-corrected chi connectivity index (χ2v) is 3.39. The summed E-state index contributed by atoms with van der Waals surface area (Å²) < 4.78 is 14.2. The van der Waals surface area contributed by atoms with Crippen molar-refractivity contribution in [3.8, 4) is 0 Å². The Morgan fingerprint density at radius 2 is 2.35 bits per heavy atom. The van der Waals surface area contributed by atoms with Crippen LogP contribution in [0.1, 0.15) is 6.92 Å². The summed E-state index contributed by atoms with van der Waals surface area (Å²) in [6.45, 7) is 2.50. The molecule has 2 rings (SSSR count). The van der Waals surface area contributed by atoms with E-state index in [0.29, 0.717) is 18.1 Å². The molecule has 0 unspecified atom stereocenters. The van der Waals surface area contributed by atoms with E-state index in [9.17, 15) is 9.18 Å². The maximum atomic E-state index is 12.9. The molecule has 17 heavy (non-hydrogen) atoms. The van der Waals surface area contributed by atoms with Crippen LogP contribution in [-0.2, 0) is 4.79 Å². The highest BCUT2D eigenvalue weighted by atomic mass is 19.1. The van der Waals surface area contributed by atoms with Crippen LogP contribution in [0.25, 0.3) is 5.65 Å². The maximum absolute atomic E-state index is 12.9. The Kier molecular flexibility index (Phi) is 3.17. The molecule has 6 nitrogen and oxygen atoms in total. The first-order chi connectivity index (χ1) is 8.19. The van der Waals surface area contributed by atoms with Crippen LogP contribution in [0.3, 0.4) is 0 Å². The van der Waals surface area contributed by atoms with Gasteiger partial charge >= 0.3 is 0 Å². The number of hydrogen-bond acceptors (Lipinski definition) is 4. The lowest BCUT2D eigenvalue weighted by atomic mass is 10.5. The van der Waals surface area contributed by atoms with Crippen LogP contribution < -0.4 is 10.6 Å². The number of halogens is 1. The van der Waals surface area contributed by atoms with Crippen molar-refractivity contribution in [2.75, 3.05) is 18.4 Å². The van der Waals surface area contributed by atoms with Crippen LogP contribution in [0.5, 0.6) is 0 Å². The van der Waals surface area contributed by atoms with E-state index in [0.717, 1.165) is 0 Å². The second-order valence-electron chi connectivity index (χ2n) is 3.39. The molecule has 0 bridgehead atoms. The average molecular weight is 237 g/mol. The van der Waals surface area contributed by atoms with Crippen molar-refractivity contribution in [3.05, 3.63) is 24.1 Å². The van der Waals surface area contributed by atoms with Crippen LogP contribution >= 0.6 is 0 Å². The minimum Gasteiger partial charge on any atom is -0.355 e. The minimum atomic E-state index is -0.391. The fourth-order valence-electron chi connectivity index (χ4n) is 1.35. The first-order valence-electron chi connectivity index (χ1n) is 5.21. The van der Waals surface area contributed by atoms with Gasteiger partial charge in [0.1, 0.15) is 5.82 Å². The lowest BCUT2D eigenvalue weighted by Crippen LogP contribution is -2.29. The van der Waals surface area contributed by atoms with Gasteiger partial charge in [0.2, 0.25) is 11.9 Å². The van der Waals surface area contributed by atoms with E-state index >= 15 is 0 Å². The summed E-state index contributed by atoms with van der Waals surface area (Å²) in [6, 6.07) is 2.82. The zero-order valence-corrected chi connectivity index (χ0v) is 9.27. The third kappa shape index (κ3) is 2.68. The predicted molar refractivity (Wildman–Crippen MR) is 60.1 cm³/mol. The zero-order valence-electron chi connectivity index (χ0n) is 9.27. The lowest BCUT2D eigenvalue weighted by Gasteiger charge is -2.01. The third-order valence-corrected chi connectivity index (χ3v) is 2.08. The van der Waals surface area contributed by atoms with Gasteiger partial charge in [0.05, 0.1) is 12.7 Å². The van der Waals surface area contributed by atoms with E-state index in [4.69, 9.17) is 0 Å². The lowest BCUT2D eigenvalue weighted by molar-refractivity contribution is -0.119. The molecule has 0 atom stereocenters. The summed E-state index contributed by atoms with van der Waals surface area (Å²) >= 11 is 0. The number of nitrogens with one attached hydrogen (secondary N) is 2. The van der Waals surface area contributed by atoms with Gasteiger partial charge in [-0.1, -0.05) is 0 Å². The molecule has 0 radical (unpaired) electrons. The van der Waals surface area contributed by atoms with Gasteiger partial charge in [-0.3, -0.25) is 4.79 Å². The first kappa shape index (κ1) is 11.3. The molecule has 0 aliphatic carbocycles. The summed E-state index contributed by atoms with van der Waals surface area (Å²) in [5, 5.41) is 9.38. The molecule has 1 amide bonds. The predicted octanol–water partition coefficient (Wildman–Crippen LogP) is 0.416. The SMILES string of the molecule is CCNC(=O)CNc1nc2ccc(F)cn2n1. The van der Waals surface area contributed by atoms with E-state index in [2.05, 4.69) is 20.7 Å². The van der Waals surface area contributed by atoms with Crippen LogP contribution in [0.15, 0.2) is 18.3 Å². The maximum Gasteiger partial charge on any atom is 0.243 e. The smallest absolute Gasteiger partial charge is 0.243 e. The number of pyridine rings is 1. The number of likely N-dealkylation sites (N-methyl/N-ethyl adjacent to an activating group) is 1. The standard InChI is InChI=1S/C10H12FN5O/c1-2-12-9(17)5-13-10-14-8-4-3-7(11)6-16(8)15-10/h3-4,6H,2,5H2,1H3,(H,12,17)(H,13,15). The van der Waals surface area contributed by atoms with Crippen molar-refractivity contribution in [1.82, 2.24) is 19.9 Å². The van der Waals surface area contributed by atoms with Gasteiger partial charge in [-0.05, 0) is 19.1 Å². The Bertz CT molecular complexity index is 538. The summed E-state index contributed by atoms with van der Waals surface area (Å²) in [5.41, 5.74) is 0.518. The molecular weight excluding hydrogens is 225 g/mol. The van der Waals surface area contributed by atoms with Gasteiger partial charge in [-0.25, -0.2) is 8.91 Å². The minimum absolute atomic E-state index is 0.0905. The topological polar surface area (TPSA) is 71.3 Å². The fourth-order valence-corrected chi connectivity index (χ4v) is 1.35. The molecule has 7 heteroatoms. The molecule has 0 saturated heterocycles. The number of rotatable bonds is 4. The van der Waals surface area contributed by atoms with E-state index in [1.165, 1.54) is 22.8 Å². The second kappa shape index (κ2) is 4.77. The highest BCUT2D eigenvalue weighted by molar-refractivity contribution is 5.80. The van der Waals surface area contributed by atoms with E-state index < -0.39 is 5.82 Å². The molecule has 90 valence electrons. The molecule has 2 heterocycles. The van der Waals surface area contributed by atoms with Crippen LogP contribution in [0, 0.1) is 5.82 Å². The Hall–Kier alpha value is -2.18. The van der Waals surface area contributed by atoms with Gasteiger partial charge < -0.3 is 10.6 Å². The van der Waals surface area contributed by atoms with E-state index in [-0.39, 0.29) is 12.5 Å². The van der Waals surface area contributed by atoms with Crippen molar-refractivity contribution in [2.24, 2.45) is 0 Å². The summed E-state index contributed by atoms with van der Waals surface area (Å²) in [4.78, 5) is 15.3. The summed E-state index contributed by atoms with van der Waals surface area (Å²) in [7, 11) is 0. The van der Waals surface area contributed by atoms with Gasteiger partial charge in [-0.2, -0.15) is 4.98 Å². The third-order valence-electron chi connectivity index (χ3n) is 2.08. The number of amides is 1. The zero-order chi connectivity index (χ0) is 12.3. The quantitative estimate of drug-likeness (QED) is 0.808. The number of carbonyl (C=O) groups is 1. The highest BCUT2D eigenvalue weighted by Crippen LogP contribution is 2.06. The van der Waals surface area contributed by atoms with Gasteiger partial charge in [0, 0.05) is 6.54 Å². The first-order valence-corrected chi connectivity index (χ1v) is 5.21. The Balaban J connectivity index is 2.07. The largest absolute Gasteiger partial charge is 0.355 e. The van der Waals surface area contributed by atoms with Crippen LogP contribution in [0.4, 0.5) is 10.3 Å². The highest BCUT2D eigenvalue weighted by Gasteiger charge is 2.05.